The predicted molar refractivity (Wildman–Crippen MR) is 228 cm³/mol. The van der Waals surface area contributed by atoms with E-state index >= 15 is 0 Å². The van der Waals surface area contributed by atoms with Gasteiger partial charge in [0.1, 0.15) is 0 Å². The van der Waals surface area contributed by atoms with Crippen LogP contribution in [0.3, 0.4) is 0 Å². The summed E-state index contributed by atoms with van der Waals surface area (Å²) >= 11 is 0. The van der Waals surface area contributed by atoms with E-state index in [0.29, 0.717) is 60.4 Å². The zero-order valence-electron chi connectivity index (χ0n) is 34.7. The molecule has 0 spiro atoms. The van der Waals surface area contributed by atoms with Gasteiger partial charge in [-0.2, -0.15) is 5.10 Å². The van der Waals surface area contributed by atoms with Crippen molar-refractivity contribution in [3.8, 4) is 17.1 Å². The Kier molecular flexibility index (Phi) is 10.0. The predicted octanol–water partition coefficient (Wildman–Crippen LogP) is 5.22. The van der Waals surface area contributed by atoms with Crippen LogP contribution in [0.15, 0.2) is 48.7 Å². The number of imide groups is 1. The summed E-state index contributed by atoms with van der Waals surface area (Å²) in [5.41, 5.74) is 8.60. The topological polar surface area (TPSA) is 156 Å². The molecule has 3 saturated heterocycles. The third-order valence-electron chi connectivity index (χ3n) is 13.6. The Morgan fingerprint density at radius 3 is 2.42 bits per heavy atom. The number of carbonyl (C=O) groups excluding carboxylic acids is 3. The number of piperazine rings is 1. The summed E-state index contributed by atoms with van der Waals surface area (Å²) in [6.07, 6.45) is 8.03. The zero-order valence-corrected chi connectivity index (χ0v) is 34.7. The van der Waals surface area contributed by atoms with Crippen LogP contribution in [-0.2, 0) is 23.2 Å². The molecule has 4 bridgehead atoms. The Morgan fingerprint density at radius 2 is 1.62 bits per heavy atom. The number of nitrogens with one attached hydrogen (secondary N) is 2. The first-order chi connectivity index (χ1) is 29.1. The smallest absolute Gasteiger partial charge is 0.258 e. The second-order valence-electron chi connectivity index (χ2n) is 17.5. The molecule has 5 aromatic rings. The highest BCUT2D eigenvalue weighted by Gasteiger charge is 2.33. The van der Waals surface area contributed by atoms with Crippen molar-refractivity contribution >= 4 is 46.1 Å². The lowest BCUT2D eigenvalue weighted by molar-refractivity contribution is -0.134. The number of imidazole rings is 1. The highest BCUT2D eigenvalue weighted by atomic mass is 16.5. The number of amides is 3. The van der Waals surface area contributed by atoms with Crippen molar-refractivity contribution in [2.24, 2.45) is 18.9 Å². The van der Waals surface area contributed by atoms with E-state index in [-0.39, 0.29) is 23.6 Å². The molecule has 1 aromatic carbocycles. The lowest BCUT2D eigenvalue weighted by Gasteiger charge is -2.44. The van der Waals surface area contributed by atoms with E-state index in [1.54, 1.807) is 10.9 Å². The molecule has 1 aliphatic carbocycles. The van der Waals surface area contributed by atoms with Crippen molar-refractivity contribution in [1.29, 1.82) is 0 Å². The fraction of sp³-hybridized carbons (Fsp3) is 0.489. The Bertz CT molecular complexity index is 2480. The van der Waals surface area contributed by atoms with Crippen LogP contribution in [0.4, 0.5) is 17.3 Å². The van der Waals surface area contributed by atoms with Crippen LogP contribution in [0.25, 0.3) is 22.3 Å². The molecular formula is C45H53N11O4. The molecule has 4 aromatic heterocycles. The molecule has 15 nitrogen and oxygen atoms in total. The molecule has 1 unspecified atom stereocenters. The summed E-state index contributed by atoms with van der Waals surface area (Å²) in [5, 5.41) is 10.1. The third-order valence-corrected chi connectivity index (χ3v) is 13.6. The number of carbonyl (C=O) groups is 3. The van der Waals surface area contributed by atoms with Crippen LogP contribution in [0, 0.1) is 25.7 Å². The van der Waals surface area contributed by atoms with Crippen LogP contribution < -0.4 is 25.2 Å². The SMILES string of the molecule is Cc1cc2cc(n1)-c1cnn(C)c1OC[C@@H]1CC[C@@H](C1)Cn1c(nc3ccc(N4CCN(C5CCN(c6ccc(C7CCC(=O)NC7=O)nc6C)CC5)CC4)cc31)NC2=O. The summed E-state index contributed by atoms with van der Waals surface area (Å²) in [7, 11) is 1.88. The zero-order chi connectivity index (χ0) is 41.1. The molecule has 3 atom stereocenters. The summed E-state index contributed by atoms with van der Waals surface area (Å²) in [6, 6.07) is 14.8. The van der Waals surface area contributed by atoms with Crippen molar-refractivity contribution in [1.82, 2.24) is 39.5 Å². The number of hydrogen-bond donors (Lipinski definition) is 2. The molecule has 8 heterocycles. The lowest BCUT2D eigenvalue weighted by Crippen LogP contribution is -2.53. The summed E-state index contributed by atoms with van der Waals surface area (Å²) in [4.78, 5) is 60.3. The van der Waals surface area contributed by atoms with Crippen molar-refractivity contribution in [3.63, 3.8) is 0 Å². The van der Waals surface area contributed by atoms with Gasteiger partial charge in [-0.15, -0.1) is 0 Å². The van der Waals surface area contributed by atoms with Gasteiger partial charge in [0.05, 0.1) is 58.1 Å². The second kappa shape index (κ2) is 15.6. The van der Waals surface area contributed by atoms with E-state index in [0.717, 1.165) is 117 Å². The standard InChI is InChI=1S/C45H53N11O4/c1-27-20-31-22-38(47-27)35-24-46-52(3)44(35)60-26-30-5-4-29(21-30)25-56-40-23-33(6-8-37(40)49-45(56)51-42(31)58)54-18-16-53(17-19-54)32-12-14-55(15-13-32)39-10-9-36(48-28(39)2)34-7-11-41(57)50-43(34)59/h6,8-10,20,22-24,29-30,32,34H,4-5,7,11-19,21,25-26H2,1-3H3,(H,49,51,58)(H,50,57,59)/t29-,30+,34?/m0/s1. The van der Waals surface area contributed by atoms with Gasteiger partial charge in [0.25, 0.3) is 5.91 Å². The van der Waals surface area contributed by atoms with Crippen molar-refractivity contribution in [3.05, 3.63) is 71.3 Å². The molecule has 60 heavy (non-hydrogen) atoms. The number of aromatic nitrogens is 6. The minimum atomic E-state index is -0.368. The number of ether oxygens (including phenoxy) is 1. The average molecular weight is 812 g/mol. The number of aryl methyl sites for hydroxylation is 3. The molecule has 5 aliphatic rings. The van der Waals surface area contributed by atoms with Crippen LogP contribution in [-0.4, -0.2) is 104 Å². The maximum absolute atomic E-state index is 14.0. The normalized spacial score (nSPS) is 23.1. The quantitative estimate of drug-likeness (QED) is 0.230. The molecular weight excluding hydrogens is 759 g/mol. The van der Waals surface area contributed by atoms with Gasteiger partial charge in [0.2, 0.25) is 23.6 Å². The molecule has 3 amide bonds. The number of nitrogens with zero attached hydrogens (tertiary/aromatic N) is 9. The van der Waals surface area contributed by atoms with Crippen molar-refractivity contribution in [2.45, 2.75) is 77.3 Å². The van der Waals surface area contributed by atoms with Gasteiger partial charge in [0.15, 0.2) is 0 Å². The first-order valence-corrected chi connectivity index (χ1v) is 21.6. The van der Waals surface area contributed by atoms with Gasteiger partial charge in [-0.3, -0.25) is 39.9 Å². The second-order valence-corrected chi connectivity index (χ2v) is 17.5. The van der Waals surface area contributed by atoms with Gasteiger partial charge < -0.3 is 19.1 Å². The van der Waals surface area contributed by atoms with Crippen molar-refractivity contribution < 1.29 is 19.1 Å². The number of benzene rings is 1. The fourth-order valence-corrected chi connectivity index (χ4v) is 10.3. The number of piperidine rings is 2. The minimum absolute atomic E-state index is 0.205. The van der Waals surface area contributed by atoms with E-state index in [1.165, 1.54) is 5.69 Å². The van der Waals surface area contributed by atoms with Crippen molar-refractivity contribution in [2.75, 3.05) is 61.0 Å². The minimum Gasteiger partial charge on any atom is -0.477 e. The summed E-state index contributed by atoms with van der Waals surface area (Å²) < 4.78 is 10.4. The molecule has 15 heteroatoms. The first kappa shape index (κ1) is 38.4. The Balaban J connectivity index is 0.823. The van der Waals surface area contributed by atoms with Gasteiger partial charge >= 0.3 is 0 Å². The van der Waals surface area contributed by atoms with Gasteiger partial charge in [-0.1, -0.05) is 0 Å². The van der Waals surface area contributed by atoms with E-state index in [2.05, 4.69) is 59.3 Å². The summed E-state index contributed by atoms with van der Waals surface area (Å²) in [5.74, 6) is 1.07. The van der Waals surface area contributed by atoms with Gasteiger partial charge in [0, 0.05) is 82.3 Å². The van der Waals surface area contributed by atoms with E-state index in [1.807, 2.05) is 39.1 Å². The maximum atomic E-state index is 14.0. The Hall–Kier alpha value is -5.83. The van der Waals surface area contributed by atoms with E-state index < -0.39 is 0 Å². The van der Waals surface area contributed by atoms with E-state index in [4.69, 9.17) is 19.7 Å². The monoisotopic (exact) mass is 811 g/mol. The Morgan fingerprint density at radius 1 is 0.800 bits per heavy atom. The van der Waals surface area contributed by atoms with Gasteiger partial charge in [-0.25, -0.2) is 9.67 Å². The molecule has 2 N–H and O–H groups in total. The average Bonchev–Trinajstić information content (AvgIpc) is 3.96. The number of fused-ring (bicyclic) bond motifs is 9. The summed E-state index contributed by atoms with van der Waals surface area (Å²) in [6.45, 7) is 11.1. The van der Waals surface area contributed by atoms with Crippen LogP contribution in [0.2, 0.25) is 0 Å². The fourth-order valence-electron chi connectivity index (χ4n) is 10.3. The van der Waals surface area contributed by atoms with Crippen LogP contribution in [0.1, 0.15) is 78.3 Å². The van der Waals surface area contributed by atoms with Crippen LogP contribution >= 0.6 is 0 Å². The maximum Gasteiger partial charge on any atom is 0.258 e. The highest BCUT2D eigenvalue weighted by Crippen LogP contribution is 2.38. The Labute approximate surface area is 349 Å². The largest absolute Gasteiger partial charge is 0.477 e. The highest BCUT2D eigenvalue weighted by molar-refractivity contribution is 6.05. The number of rotatable bonds is 4. The van der Waals surface area contributed by atoms with E-state index in [9.17, 15) is 14.4 Å². The number of pyridine rings is 2. The molecule has 0 radical (unpaired) electrons. The molecule has 10 rings (SSSR count). The molecule has 4 aliphatic heterocycles. The lowest BCUT2D eigenvalue weighted by atomic mass is 9.94. The molecule has 4 fully saturated rings. The number of anilines is 3. The van der Waals surface area contributed by atoms with Gasteiger partial charge in [-0.05, 0) is 107 Å². The third kappa shape index (κ3) is 7.37. The molecule has 312 valence electrons. The first-order valence-electron chi connectivity index (χ1n) is 21.6. The number of hydrogen-bond acceptors (Lipinski definition) is 11. The van der Waals surface area contributed by atoms with Crippen LogP contribution in [0.5, 0.6) is 5.88 Å². The molecule has 1 saturated carbocycles.